The van der Waals surface area contributed by atoms with Crippen LogP contribution in [0.3, 0.4) is 0 Å². The number of nitrogens with two attached hydrogens (primary N) is 1. The molecule has 0 aliphatic carbocycles. The molecule has 7 N–H and O–H groups in total. The summed E-state index contributed by atoms with van der Waals surface area (Å²) in [5.74, 6) is -0.945. The first-order valence-corrected chi connectivity index (χ1v) is 11.8. The normalized spacial score (nSPS) is 27.9. The molecule has 2 aliphatic rings. The maximum Gasteiger partial charge on any atom is 0.308 e. The van der Waals surface area contributed by atoms with E-state index < -0.39 is 42.8 Å². The second kappa shape index (κ2) is 12.0. The summed E-state index contributed by atoms with van der Waals surface area (Å²) < 4.78 is 16.9. The zero-order valence-corrected chi connectivity index (χ0v) is 20.2. The van der Waals surface area contributed by atoms with Crippen molar-refractivity contribution >= 4 is 17.6 Å². The van der Waals surface area contributed by atoms with Gasteiger partial charge in [-0.3, -0.25) is 9.59 Å². The van der Waals surface area contributed by atoms with Crippen LogP contribution in [0.15, 0.2) is 18.2 Å². The smallest absolute Gasteiger partial charge is 0.308 e. The van der Waals surface area contributed by atoms with E-state index in [2.05, 4.69) is 10.6 Å². The van der Waals surface area contributed by atoms with Crippen LogP contribution < -0.4 is 21.1 Å². The van der Waals surface area contributed by atoms with Crippen molar-refractivity contribution in [1.29, 1.82) is 0 Å². The van der Waals surface area contributed by atoms with Crippen LogP contribution in [0.2, 0.25) is 0 Å². The minimum atomic E-state index is -1.68. The fourth-order valence-electron chi connectivity index (χ4n) is 3.78. The first-order chi connectivity index (χ1) is 16.6. The lowest BCUT2D eigenvalue weighted by Gasteiger charge is -2.41. The van der Waals surface area contributed by atoms with Crippen molar-refractivity contribution in [3.63, 3.8) is 0 Å². The summed E-state index contributed by atoms with van der Waals surface area (Å²) in [7, 11) is 0. The van der Waals surface area contributed by atoms with Crippen molar-refractivity contribution in [2.45, 2.75) is 64.2 Å². The van der Waals surface area contributed by atoms with E-state index in [1.54, 1.807) is 39.0 Å². The van der Waals surface area contributed by atoms with Crippen molar-refractivity contribution in [1.82, 2.24) is 10.2 Å². The van der Waals surface area contributed by atoms with Gasteiger partial charge in [0, 0.05) is 26.2 Å². The fraction of sp³-hybridized carbons (Fsp3) is 0.652. The molecule has 0 bridgehead atoms. The highest BCUT2D eigenvalue weighted by Crippen LogP contribution is 2.31. The number of nitrogens with zero attached hydrogens (tertiary/aromatic N) is 1. The quantitative estimate of drug-likeness (QED) is 0.187. The van der Waals surface area contributed by atoms with Crippen molar-refractivity contribution < 1.29 is 39.1 Å². The van der Waals surface area contributed by atoms with E-state index in [-0.39, 0.29) is 24.2 Å². The number of carbonyl (C=O) groups excluding carboxylic acids is 2. The van der Waals surface area contributed by atoms with Crippen LogP contribution in [0, 0.1) is 5.92 Å². The van der Waals surface area contributed by atoms with Gasteiger partial charge in [-0.25, -0.2) is 0 Å². The number of nitrogens with one attached hydrogen (secondary N) is 2. The summed E-state index contributed by atoms with van der Waals surface area (Å²) in [5, 5.41) is 37.6. The van der Waals surface area contributed by atoms with E-state index in [0.717, 1.165) is 0 Å². The fourth-order valence-corrected chi connectivity index (χ4v) is 3.78. The van der Waals surface area contributed by atoms with Crippen LogP contribution in [0.1, 0.15) is 26.3 Å². The SMILES string of the molecule is CC(N)Nc1ccc(COC(=O)C(C)C)cc1O[C@@H]1O[C@H](C(=O)N2CCNCC2)[C@@H](O)[C@H](O)[C@H]1O. The summed E-state index contributed by atoms with van der Waals surface area (Å²) in [6.07, 6.45) is -8.28. The van der Waals surface area contributed by atoms with Gasteiger partial charge in [0.05, 0.1) is 17.8 Å². The van der Waals surface area contributed by atoms with Crippen molar-refractivity contribution in [2.75, 3.05) is 31.5 Å². The van der Waals surface area contributed by atoms with Crippen LogP contribution in [0.25, 0.3) is 0 Å². The van der Waals surface area contributed by atoms with E-state index in [1.165, 1.54) is 4.90 Å². The maximum atomic E-state index is 13.0. The third kappa shape index (κ3) is 6.81. The van der Waals surface area contributed by atoms with Gasteiger partial charge in [-0.05, 0) is 24.6 Å². The average molecular weight is 497 g/mol. The highest BCUT2D eigenvalue weighted by molar-refractivity contribution is 5.82. The van der Waals surface area contributed by atoms with Gasteiger partial charge in [-0.1, -0.05) is 19.9 Å². The van der Waals surface area contributed by atoms with Crippen LogP contribution in [0.5, 0.6) is 5.75 Å². The number of ether oxygens (including phenoxy) is 3. The number of anilines is 1. The van der Waals surface area contributed by atoms with Crippen LogP contribution in [0.4, 0.5) is 5.69 Å². The zero-order valence-electron chi connectivity index (χ0n) is 20.2. The lowest BCUT2D eigenvalue weighted by atomic mass is 9.97. The van der Waals surface area contributed by atoms with Crippen LogP contribution in [-0.2, 0) is 25.7 Å². The molecule has 0 saturated carbocycles. The van der Waals surface area contributed by atoms with Gasteiger partial charge in [0.25, 0.3) is 5.91 Å². The number of aliphatic hydroxyl groups excluding tert-OH is 3. The Labute approximate surface area is 204 Å². The van der Waals surface area contributed by atoms with Crippen LogP contribution in [-0.4, -0.2) is 95.1 Å². The Morgan fingerprint density at radius 1 is 1.17 bits per heavy atom. The summed E-state index contributed by atoms with van der Waals surface area (Å²) in [4.78, 5) is 26.3. The molecule has 12 heteroatoms. The molecule has 35 heavy (non-hydrogen) atoms. The van der Waals surface area contributed by atoms with Crippen molar-refractivity contribution in [2.24, 2.45) is 11.7 Å². The Kier molecular flexibility index (Phi) is 9.27. The molecule has 0 aromatic heterocycles. The second-order valence-corrected chi connectivity index (χ2v) is 9.12. The number of hydrogen-bond donors (Lipinski definition) is 6. The molecule has 2 heterocycles. The molecule has 2 saturated heterocycles. The molecule has 2 aliphatic heterocycles. The van der Waals surface area contributed by atoms with Crippen molar-refractivity contribution in [3.8, 4) is 5.75 Å². The molecule has 2 fully saturated rings. The Morgan fingerprint density at radius 3 is 2.49 bits per heavy atom. The molecule has 1 aromatic carbocycles. The largest absolute Gasteiger partial charge is 0.461 e. The van der Waals surface area contributed by atoms with Crippen LogP contribution >= 0.6 is 0 Å². The Morgan fingerprint density at radius 2 is 1.86 bits per heavy atom. The number of esters is 1. The van der Waals surface area contributed by atoms with Gasteiger partial charge in [0.2, 0.25) is 6.29 Å². The lowest BCUT2D eigenvalue weighted by Crippen LogP contribution is -2.64. The molecule has 6 atom stereocenters. The molecule has 12 nitrogen and oxygen atoms in total. The molecule has 1 aromatic rings. The number of amides is 1. The summed E-state index contributed by atoms with van der Waals surface area (Å²) in [6.45, 7) is 7.21. The topological polar surface area (TPSA) is 176 Å². The molecule has 1 amide bonds. The molecule has 1 unspecified atom stereocenters. The van der Waals surface area contributed by atoms with E-state index in [9.17, 15) is 24.9 Å². The minimum absolute atomic E-state index is 0.00858. The average Bonchev–Trinajstić information content (AvgIpc) is 2.83. The first-order valence-electron chi connectivity index (χ1n) is 11.8. The standard InChI is InChI=1S/C23H36N4O8/c1-12(2)22(32)33-11-14-4-5-15(26-13(3)24)16(10-14)34-23-19(30)17(28)18(29)20(35-23)21(31)27-8-6-25-7-9-27/h4-5,10,12-13,17-20,23,25-26,28-30H,6-9,11,24H2,1-3H3/t13?,17-,18-,19+,20-,23+/m0/s1. The second-order valence-electron chi connectivity index (χ2n) is 9.12. The van der Waals surface area contributed by atoms with Gasteiger partial charge in [-0.15, -0.1) is 0 Å². The maximum absolute atomic E-state index is 13.0. The number of carbonyl (C=O) groups is 2. The van der Waals surface area contributed by atoms with E-state index in [0.29, 0.717) is 37.4 Å². The van der Waals surface area contributed by atoms with Gasteiger partial charge in [0.15, 0.2) is 6.10 Å². The first kappa shape index (κ1) is 27.1. The number of rotatable bonds is 8. The summed E-state index contributed by atoms with van der Waals surface area (Å²) >= 11 is 0. The van der Waals surface area contributed by atoms with E-state index in [1.807, 2.05) is 0 Å². The molecular weight excluding hydrogens is 460 g/mol. The van der Waals surface area contributed by atoms with E-state index in [4.69, 9.17) is 19.9 Å². The molecule has 0 radical (unpaired) electrons. The van der Waals surface area contributed by atoms with E-state index >= 15 is 0 Å². The predicted molar refractivity (Wildman–Crippen MR) is 125 cm³/mol. The summed E-state index contributed by atoms with van der Waals surface area (Å²) in [5.41, 5.74) is 6.92. The lowest BCUT2D eigenvalue weighted by molar-refractivity contribution is -0.269. The molecule has 196 valence electrons. The Bertz CT molecular complexity index is 877. The summed E-state index contributed by atoms with van der Waals surface area (Å²) in [6, 6.07) is 4.97. The highest BCUT2D eigenvalue weighted by atomic mass is 16.7. The third-order valence-corrected chi connectivity index (χ3v) is 5.77. The number of hydrogen-bond acceptors (Lipinski definition) is 11. The Hall–Kier alpha value is -2.48. The monoisotopic (exact) mass is 496 g/mol. The van der Waals surface area contributed by atoms with Gasteiger partial charge < -0.3 is 50.8 Å². The highest BCUT2D eigenvalue weighted by Gasteiger charge is 2.49. The third-order valence-electron chi connectivity index (χ3n) is 5.77. The van der Waals surface area contributed by atoms with Gasteiger partial charge in [-0.2, -0.15) is 0 Å². The minimum Gasteiger partial charge on any atom is -0.461 e. The number of benzene rings is 1. The van der Waals surface area contributed by atoms with Crippen molar-refractivity contribution in [3.05, 3.63) is 23.8 Å². The van der Waals surface area contributed by atoms with Gasteiger partial charge >= 0.3 is 5.97 Å². The zero-order chi connectivity index (χ0) is 25.7. The van der Waals surface area contributed by atoms with Gasteiger partial charge in [0.1, 0.15) is 30.7 Å². The number of piperazine rings is 1. The molecule has 3 rings (SSSR count). The molecular formula is C23H36N4O8. The number of aliphatic hydroxyl groups is 3. The predicted octanol–water partition coefficient (Wildman–Crippen LogP) is -1.28. The Balaban J connectivity index is 1.81. The molecule has 0 spiro atoms.